The van der Waals surface area contributed by atoms with Crippen molar-refractivity contribution >= 4 is 5.78 Å². The topological polar surface area (TPSA) is 98.9 Å². The fourth-order valence-corrected chi connectivity index (χ4v) is 9.03. The highest BCUT2D eigenvalue weighted by atomic mass is 16.9. The third kappa shape index (κ3) is 3.25. The number of Topliss-reactive ketones (excluding diaryl/α,β-unsaturated/α-hetero) is 1. The Bertz CT molecular complexity index is 1020. The first-order valence-corrected chi connectivity index (χ1v) is 12.4. The maximum absolute atomic E-state index is 12.3. The molecule has 5 fully saturated rings. The van der Waals surface area contributed by atoms with Crippen molar-refractivity contribution in [3.05, 3.63) is 33.4 Å². The molecule has 6 aliphatic rings. The summed E-state index contributed by atoms with van der Waals surface area (Å²) in [5, 5.41) is 21.6. The zero-order valence-corrected chi connectivity index (χ0v) is 19.5. The van der Waals surface area contributed by atoms with Gasteiger partial charge in [0.25, 0.3) is 5.09 Å². The molecule has 1 aromatic rings. The Labute approximate surface area is 193 Å². The lowest BCUT2D eigenvalue weighted by molar-refractivity contribution is -0.761. The second kappa shape index (κ2) is 6.86. The molecule has 4 bridgehead atoms. The molecule has 4 atom stereocenters. The molecule has 3 unspecified atom stereocenters. The number of benzene rings is 1. The predicted octanol–water partition coefficient (Wildman–Crippen LogP) is 5.06. The average Bonchev–Trinajstić information content (AvgIpc) is 2.70. The van der Waals surface area contributed by atoms with Crippen molar-refractivity contribution in [2.45, 2.75) is 88.6 Å². The molecule has 1 aromatic carbocycles. The highest BCUT2D eigenvalue weighted by Crippen LogP contribution is 2.66. The first-order chi connectivity index (χ1) is 15.6. The van der Waals surface area contributed by atoms with E-state index in [0.29, 0.717) is 24.7 Å². The SMILES string of the molecule is CC1(C)Oc2cc(C34CC5CC(CC(CO[N+](=O)[O-])(C5)C3)C4)cc(O)c2C2CC(=O)CC[C@H]21. The fourth-order valence-electron chi connectivity index (χ4n) is 9.03. The number of phenolic OH excluding ortho intramolecular Hbond substituents is 1. The van der Waals surface area contributed by atoms with Crippen LogP contribution in [-0.2, 0) is 15.0 Å². The van der Waals surface area contributed by atoms with Crippen molar-refractivity contribution in [1.29, 1.82) is 0 Å². The number of ether oxygens (including phenoxy) is 1. The summed E-state index contributed by atoms with van der Waals surface area (Å²) in [4.78, 5) is 28.2. The van der Waals surface area contributed by atoms with Crippen molar-refractivity contribution in [1.82, 2.24) is 0 Å². The Morgan fingerprint density at radius 2 is 1.94 bits per heavy atom. The molecule has 1 aliphatic heterocycles. The molecule has 7 nitrogen and oxygen atoms in total. The molecular formula is C26H33NO6. The van der Waals surface area contributed by atoms with Gasteiger partial charge in [-0.2, -0.15) is 0 Å². The summed E-state index contributed by atoms with van der Waals surface area (Å²) in [6.45, 7) is 4.37. The number of ketones is 1. The number of carbonyl (C=O) groups excluding carboxylic acids is 1. The molecule has 1 heterocycles. The van der Waals surface area contributed by atoms with Gasteiger partial charge in [0.2, 0.25) is 0 Å². The van der Waals surface area contributed by atoms with E-state index in [1.165, 1.54) is 6.42 Å². The fraction of sp³-hybridized carbons (Fsp3) is 0.731. The van der Waals surface area contributed by atoms with Crippen LogP contribution in [0, 0.1) is 33.3 Å². The van der Waals surface area contributed by atoms with Crippen LogP contribution in [0.1, 0.15) is 88.7 Å². The monoisotopic (exact) mass is 455 g/mol. The number of phenols is 1. The zero-order valence-electron chi connectivity index (χ0n) is 19.5. The number of hydrogen-bond donors (Lipinski definition) is 1. The van der Waals surface area contributed by atoms with Crippen LogP contribution in [-0.4, -0.2) is 28.2 Å². The number of nitrogens with zero attached hydrogens (tertiary/aromatic N) is 1. The molecule has 0 spiro atoms. The Morgan fingerprint density at radius 3 is 2.64 bits per heavy atom. The highest BCUT2D eigenvalue weighted by molar-refractivity contribution is 5.81. The van der Waals surface area contributed by atoms with Crippen molar-refractivity contribution in [2.75, 3.05) is 6.61 Å². The number of aromatic hydroxyl groups is 1. The standard InChI is InChI=1S/C26H33NO6/c1-24(2)20-4-3-18(28)8-19(20)23-21(29)6-17(7-22(23)33-24)26-11-15-5-16(12-26)10-25(9-15,13-26)14-32-27(30)31/h6-7,15-16,19-20,29H,3-5,8-14H2,1-2H3/t15?,16?,19?,20-,25?,26?/m1/s1. The number of carbonyl (C=O) groups is 1. The lowest BCUT2D eigenvalue weighted by Gasteiger charge is -2.62. The van der Waals surface area contributed by atoms with E-state index in [0.717, 1.165) is 55.4 Å². The average molecular weight is 456 g/mol. The lowest BCUT2D eigenvalue weighted by Crippen LogP contribution is -2.55. The van der Waals surface area contributed by atoms with Gasteiger partial charge in [-0.05, 0) is 99.2 Å². The Balaban J connectivity index is 1.40. The van der Waals surface area contributed by atoms with Gasteiger partial charge in [-0.3, -0.25) is 4.79 Å². The van der Waals surface area contributed by atoms with E-state index in [1.54, 1.807) is 0 Å². The van der Waals surface area contributed by atoms with Crippen LogP contribution >= 0.6 is 0 Å². The van der Waals surface area contributed by atoms with E-state index in [-0.39, 0.29) is 40.8 Å². The quantitative estimate of drug-likeness (QED) is 0.503. The maximum atomic E-state index is 12.3. The van der Waals surface area contributed by atoms with Crippen LogP contribution in [0.4, 0.5) is 0 Å². The molecule has 0 amide bonds. The second-order valence-corrected chi connectivity index (χ2v) is 12.3. The minimum Gasteiger partial charge on any atom is -0.508 e. The van der Waals surface area contributed by atoms with Crippen LogP contribution in [0.2, 0.25) is 0 Å². The van der Waals surface area contributed by atoms with Crippen LogP contribution in [0.25, 0.3) is 0 Å². The zero-order chi connectivity index (χ0) is 23.2. The van der Waals surface area contributed by atoms with Crippen molar-refractivity contribution < 1.29 is 24.6 Å². The van der Waals surface area contributed by atoms with Gasteiger partial charge in [0.1, 0.15) is 29.5 Å². The number of fused-ring (bicyclic) bond motifs is 3. The van der Waals surface area contributed by atoms with Crippen LogP contribution in [0.5, 0.6) is 11.5 Å². The summed E-state index contributed by atoms with van der Waals surface area (Å²) in [5.41, 5.74) is 1.22. The van der Waals surface area contributed by atoms with Gasteiger partial charge in [-0.25, -0.2) is 0 Å². The van der Waals surface area contributed by atoms with Gasteiger partial charge in [-0.1, -0.05) is 0 Å². The molecule has 33 heavy (non-hydrogen) atoms. The van der Waals surface area contributed by atoms with Gasteiger partial charge in [0.15, 0.2) is 0 Å². The summed E-state index contributed by atoms with van der Waals surface area (Å²) in [6, 6.07) is 4.05. The van der Waals surface area contributed by atoms with E-state index in [4.69, 9.17) is 9.57 Å². The minimum absolute atomic E-state index is 0.00440. The molecule has 0 radical (unpaired) electrons. The number of hydrogen-bond acceptors (Lipinski definition) is 6. The van der Waals surface area contributed by atoms with E-state index >= 15 is 0 Å². The summed E-state index contributed by atoms with van der Waals surface area (Å²) in [6.07, 6.45) is 7.98. The molecule has 1 N–H and O–H groups in total. The van der Waals surface area contributed by atoms with E-state index in [9.17, 15) is 20.0 Å². The van der Waals surface area contributed by atoms with Gasteiger partial charge in [0, 0.05) is 30.2 Å². The molecule has 7 rings (SSSR count). The van der Waals surface area contributed by atoms with Crippen LogP contribution < -0.4 is 4.74 Å². The second-order valence-electron chi connectivity index (χ2n) is 12.3. The molecule has 178 valence electrons. The van der Waals surface area contributed by atoms with E-state index in [1.807, 2.05) is 6.07 Å². The molecule has 0 aromatic heterocycles. The van der Waals surface area contributed by atoms with Gasteiger partial charge in [-0.15, -0.1) is 10.1 Å². The van der Waals surface area contributed by atoms with Gasteiger partial charge < -0.3 is 14.7 Å². The number of rotatable bonds is 4. The first-order valence-electron chi connectivity index (χ1n) is 12.4. The van der Waals surface area contributed by atoms with Gasteiger partial charge >= 0.3 is 0 Å². The summed E-state index contributed by atoms with van der Waals surface area (Å²) in [7, 11) is 0. The Morgan fingerprint density at radius 1 is 1.21 bits per heavy atom. The maximum Gasteiger partial charge on any atom is 0.294 e. The van der Waals surface area contributed by atoms with Crippen molar-refractivity contribution in [3.8, 4) is 11.5 Å². The van der Waals surface area contributed by atoms with Crippen molar-refractivity contribution in [3.63, 3.8) is 0 Å². The third-order valence-electron chi connectivity index (χ3n) is 9.70. The molecular weight excluding hydrogens is 422 g/mol. The van der Waals surface area contributed by atoms with Gasteiger partial charge in [0.05, 0.1) is 0 Å². The molecule has 5 saturated carbocycles. The highest BCUT2D eigenvalue weighted by Gasteiger charge is 2.59. The van der Waals surface area contributed by atoms with Crippen LogP contribution in [0.3, 0.4) is 0 Å². The molecule has 0 saturated heterocycles. The van der Waals surface area contributed by atoms with E-state index in [2.05, 4.69) is 19.9 Å². The predicted molar refractivity (Wildman–Crippen MR) is 120 cm³/mol. The summed E-state index contributed by atoms with van der Waals surface area (Å²) >= 11 is 0. The Kier molecular flexibility index (Phi) is 4.41. The first kappa shape index (κ1) is 21.2. The van der Waals surface area contributed by atoms with E-state index < -0.39 is 10.7 Å². The largest absolute Gasteiger partial charge is 0.508 e. The summed E-state index contributed by atoms with van der Waals surface area (Å²) in [5.74, 6) is 2.51. The summed E-state index contributed by atoms with van der Waals surface area (Å²) < 4.78 is 6.53. The Hall–Kier alpha value is -2.31. The molecule has 5 aliphatic carbocycles. The minimum atomic E-state index is -0.659. The normalized spacial score (nSPS) is 40.0. The lowest BCUT2D eigenvalue weighted by atomic mass is 9.43. The third-order valence-corrected chi connectivity index (χ3v) is 9.70. The van der Waals surface area contributed by atoms with Crippen LogP contribution in [0.15, 0.2) is 12.1 Å². The van der Waals surface area contributed by atoms with Crippen molar-refractivity contribution in [2.24, 2.45) is 23.2 Å². The molecule has 7 heteroatoms. The smallest absolute Gasteiger partial charge is 0.294 e.